The first-order valence-electron chi connectivity index (χ1n) is 9.90. The van der Waals surface area contributed by atoms with Crippen LogP contribution in [0.2, 0.25) is 0 Å². The number of oxime groups is 1. The maximum atomic E-state index is 6.41. The molecule has 26 heavy (non-hydrogen) atoms. The summed E-state index contributed by atoms with van der Waals surface area (Å²) in [5.41, 5.74) is 1.06. The van der Waals surface area contributed by atoms with Crippen molar-refractivity contribution in [3.63, 3.8) is 0 Å². The highest BCUT2D eigenvalue weighted by atomic mass is 16.7. The van der Waals surface area contributed by atoms with Gasteiger partial charge in [-0.2, -0.15) is 0 Å². The molecule has 0 spiro atoms. The molecule has 0 amide bonds. The molecule has 1 aromatic rings. The second-order valence-electron chi connectivity index (χ2n) is 7.72. The molecule has 0 N–H and O–H groups in total. The average Bonchev–Trinajstić information content (AvgIpc) is 2.70. The van der Waals surface area contributed by atoms with Crippen LogP contribution in [-0.4, -0.2) is 61.3 Å². The summed E-state index contributed by atoms with van der Waals surface area (Å²) in [6, 6.07) is 4.11. The van der Waals surface area contributed by atoms with E-state index in [0.717, 1.165) is 44.9 Å². The van der Waals surface area contributed by atoms with Crippen molar-refractivity contribution >= 4 is 5.90 Å². The van der Waals surface area contributed by atoms with E-state index in [9.17, 15) is 0 Å². The highest BCUT2D eigenvalue weighted by molar-refractivity contribution is 5.83. The Hall–Kier alpha value is -1.66. The lowest BCUT2D eigenvalue weighted by Crippen LogP contribution is -2.48. The summed E-state index contributed by atoms with van der Waals surface area (Å²) in [7, 11) is 0. The lowest BCUT2D eigenvalue weighted by molar-refractivity contribution is -0.0362. The van der Waals surface area contributed by atoms with E-state index in [1.165, 1.54) is 37.9 Å². The average molecular weight is 359 g/mol. The first kappa shape index (κ1) is 17.7. The normalized spacial score (nSPS) is 26.5. The van der Waals surface area contributed by atoms with Crippen LogP contribution in [0.15, 0.2) is 29.7 Å². The molecule has 0 radical (unpaired) electrons. The summed E-state index contributed by atoms with van der Waals surface area (Å²) >= 11 is 0. The molecule has 3 aliphatic heterocycles. The first-order chi connectivity index (χ1) is 12.8. The Morgan fingerprint density at radius 3 is 2.77 bits per heavy atom. The number of rotatable bonds is 5. The van der Waals surface area contributed by atoms with E-state index in [1.54, 1.807) is 0 Å². The topological polar surface area (TPSA) is 56.2 Å². The van der Waals surface area contributed by atoms with Crippen LogP contribution in [0, 0.1) is 5.41 Å². The highest BCUT2D eigenvalue weighted by Gasteiger charge is 2.43. The Bertz CT molecular complexity index is 596. The van der Waals surface area contributed by atoms with Crippen LogP contribution in [0.25, 0.3) is 0 Å². The number of pyridine rings is 1. The number of hydrogen-bond donors (Lipinski definition) is 0. The Morgan fingerprint density at radius 1 is 1.15 bits per heavy atom. The number of likely N-dealkylation sites (tertiary alicyclic amines) is 1. The summed E-state index contributed by atoms with van der Waals surface area (Å²) in [6.45, 7) is 5.28. The molecule has 0 aliphatic carbocycles. The van der Waals surface area contributed by atoms with Gasteiger partial charge < -0.3 is 14.3 Å². The van der Waals surface area contributed by atoms with Gasteiger partial charge >= 0.3 is 0 Å². The van der Waals surface area contributed by atoms with E-state index in [0.29, 0.717) is 6.61 Å². The molecule has 6 nitrogen and oxygen atoms in total. The van der Waals surface area contributed by atoms with Gasteiger partial charge in [0.15, 0.2) is 6.61 Å². The standard InChI is InChI=1S/C20H29N3O3/c1-2-9-23(10-3-1)15-18-16-25-22-19(26-18)20(6-11-24-12-7-20)13-17-5-4-8-21-14-17/h4-5,8,14,18H,1-3,6-7,9-13,15-16H2. The number of piperidine rings is 1. The number of nitrogens with zero attached hydrogens (tertiary/aromatic N) is 3. The summed E-state index contributed by atoms with van der Waals surface area (Å²) < 4.78 is 12.0. The maximum Gasteiger partial charge on any atom is 0.232 e. The molecule has 0 bridgehead atoms. The molecule has 2 fully saturated rings. The Morgan fingerprint density at radius 2 is 2.00 bits per heavy atom. The molecule has 2 saturated heterocycles. The van der Waals surface area contributed by atoms with E-state index in [1.807, 2.05) is 18.5 Å². The van der Waals surface area contributed by atoms with Crippen molar-refractivity contribution in [1.29, 1.82) is 0 Å². The summed E-state index contributed by atoms with van der Waals surface area (Å²) in [5.74, 6) is 0.762. The van der Waals surface area contributed by atoms with Crippen LogP contribution in [0.1, 0.15) is 37.7 Å². The van der Waals surface area contributed by atoms with Gasteiger partial charge in [0.05, 0.1) is 5.41 Å². The third kappa shape index (κ3) is 4.18. The van der Waals surface area contributed by atoms with Crippen molar-refractivity contribution in [3.05, 3.63) is 30.1 Å². The zero-order valence-electron chi connectivity index (χ0n) is 15.4. The Labute approximate surface area is 155 Å². The van der Waals surface area contributed by atoms with Crippen LogP contribution in [0.3, 0.4) is 0 Å². The molecule has 1 unspecified atom stereocenters. The largest absolute Gasteiger partial charge is 0.470 e. The predicted molar refractivity (Wildman–Crippen MR) is 99.0 cm³/mol. The van der Waals surface area contributed by atoms with Gasteiger partial charge in [0.25, 0.3) is 0 Å². The zero-order valence-corrected chi connectivity index (χ0v) is 15.4. The molecule has 3 aliphatic rings. The SMILES string of the molecule is c1cncc(CC2(C3=NOCC(CN4CCCCC4)O3)CCOCC2)c1. The van der Waals surface area contributed by atoms with Gasteiger partial charge in [-0.25, -0.2) is 0 Å². The van der Waals surface area contributed by atoms with E-state index < -0.39 is 0 Å². The van der Waals surface area contributed by atoms with Gasteiger partial charge in [-0.3, -0.25) is 9.88 Å². The molecular weight excluding hydrogens is 330 g/mol. The van der Waals surface area contributed by atoms with E-state index >= 15 is 0 Å². The minimum atomic E-state index is -0.151. The van der Waals surface area contributed by atoms with Crippen LogP contribution < -0.4 is 0 Å². The highest BCUT2D eigenvalue weighted by Crippen LogP contribution is 2.38. The second kappa shape index (κ2) is 8.35. The lowest BCUT2D eigenvalue weighted by Gasteiger charge is -2.40. The minimum absolute atomic E-state index is 0.0641. The Kier molecular flexibility index (Phi) is 5.70. The van der Waals surface area contributed by atoms with Crippen molar-refractivity contribution < 1.29 is 14.3 Å². The fourth-order valence-corrected chi connectivity index (χ4v) is 4.26. The van der Waals surface area contributed by atoms with Crippen LogP contribution >= 0.6 is 0 Å². The predicted octanol–water partition coefficient (Wildman–Crippen LogP) is 2.64. The van der Waals surface area contributed by atoms with Gasteiger partial charge in [-0.15, -0.1) is 0 Å². The zero-order chi connectivity index (χ0) is 17.7. The van der Waals surface area contributed by atoms with Crippen LogP contribution in [0.4, 0.5) is 0 Å². The molecule has 0 saturated carbocycles. The van der Waals surface area contributed by atoms with Gasteiger partial charge in [0, 0.05) is 32.2 Å². The smallest absolute Gasteiger partial charge is 0.232 e. The maximum absolute atomic E-state index is 6.41. The molecule has 4 heterocycles. The number of ether oxygens (including phenoxy) is 2. The quantitative estimate of drug-likeness (QED) is 0.809. The minimum Gasteiger partial charge on any atom is -0.470 e. The van der Waals surface area contributed by atoms with Crippen LogP contribution in [-0.2, 0) is 20.7 Å². The van der Waals surface area contributed by atoms with Crippen molar-refractivity contribution in [3.8, 4) is 0 Å². The van der Waals surface area contributed by atoms with Crippen molar-refractivity contribution in [2.75, 3.05) is 39.5 Å². The fourth-order valence-electron chi connectivity index (χ4n) is 4.26. The molecule has 0 aromatic carbocycles. The summed E-state index contributed by atoms with van der Waals surface area (Å²) in [5, 5.41) is 4.36. The van der Waals surface area contributed by atoms with Gasteiger partial charge in [-0.05, 0) is 56.8 Å². The van der Waals surface area contributed by atoms with Gasteiger partial charge in [-0.1, -0.05) is 17.6 Å². The third-order valence-corrected chi connectivity index (χ3v) is 5.77. The second-order valence-corrected chi connectivity index (χ2v) is 7.72. The summed E-state index contributed by atoms with van der Waals surface area (Å²) in [6.07, 6.45) is 10.4. The first-order valence-corrected chi connectivity index (χ1v) is 9.90. The summed E-state index contributed by atoms with van der Waals surface area (Å²) in [4.78, 5) is 12.4. The fraction of sp³-hybridized carbons (Fsp3) is 0.700. The van der Waals surface area contributed by atoms with Crippen molar-refractivity contribution in [2.24, 2.45) is 10.6 Å². The molecule has 4 rings (SSSR count). The van der Waals surface area contributed by atoms with Gasteiger partial charge in [0.2, 0.25) is 5.90 Å². The molecule has 6 heteroatoms. The van der Waals surface area contributed by atoms with E-state index in [4.69, 9.17) is 14.3 Å². The molecular formula is C20H29N3O3. The molecule has 142 valence electrons. The lowest BCUT2D eigenvalue weighted by atomic mass is 9.75. The Balaban J connectivity index is 1.47. The molecule has 1 atom stereocenters. The van der Waals surface area contributed by atoms with Gasteiger partial charge in [0.1, 0.15) is 6.10 Å². The van der Waals surface area contributed by atoms with Crippen molar-refractivity contribution in [1.82, 2.24) is 9.88 Å². The van der Waals surface area contributed by atoms with E-state index in [2.05, 4.69) is 21.1 Å². The monoisotopic (exact) mass is 359 g/mol. The van der Waals surface area contributed by atoms with E-state index in [-0.39, 0.29) is 11.5 Å². The van der Waals surface area contributed by atoms with Crippen LogP contribution in [0.5, 0.6) is 0 Å². The van der Waals surface area contributed by atoms with Crippen molar-refractivity contribution in [2.45, 2.75) is 44.6 Å². The molecule has 1 aromatic heterocycles. The number of hydrogen-bond acceptors (Lipinski definition) is 6. The third-order valence-electron chi connectivity index (χ3n) is 5.77. The number of aromatic nitrogens is 1.